The first-order valence-corrected chi connectivity index (χ1v) is 6.45. The molecule has 1 aliphatic rings. The number of halogens is 2. The normalized spacial score (nSPS) is 13.3. The van der Waals surface area contributed by atoms with Gasteiger partial charge < -0.3 is 15.5 Å². The second kappa shape index (κ2) is 9.80. The molecule has 0 atom stereocenters. The van der Waals surface area contributed by atoms with Crippen molar-refractivity contribution in [3.63, 3.8) is 0 Å². The van der Waals surface area contributed by atoms with E-state index < -0.39 is 0 Å². The Morgan fingerprint density at radius 2 is 1.95 bits per heavy atom. The molecule has 0 saturated carbocycles. The summed E-state index contributed by atoms with van der Waals surface area (Å²) in [5.41, 5.74) is 0.619. The van der Waals surface area contributed by atoms with Gasteiger partial charge in [0.1, 0.15) is 5.82 Å². The van der Waals surface area contributed by atoms with E-state index in [0.717, 1.165) is 25.5 Å². The molecule has 0 unspecified atom stereocenters. The highest BCUT2D eigenvalue weighted by atomic mass is 35.5. The number of anilines is 1. The predicted molar refractivity (Wildman–Crippen MR) is 86.4 cm³/mol. The Kier molecular flexibility index (Phi) is 9.29. The zero-order chi connectivity index (χ0) is 12.8. The Morgan fingerprint density at radius 3 is 2.50 bits per heavy atom. The smallest absolute Gasteiger partial charge is 0.252 e. The van der Waals surface area contributed by atoms with Crippen molar-refractivity contribution in [1.82, 2.24) is 15.6 Å². The van der Waals surface area contributed by atoms with Gasteiger partial charge in [-0.3, -0.25) is 4.79 Å². The van der Waals surface area contributed by atoms with Crippen LogP contribution in [0.3, 0.4) is 0 Å². The third-order valence-corrected chi connectivity index (χ3v) is 3.10. The Labute approximate surface area is 132 Å². The van der Waals surface area contributed by atoms with Gasteiger partial charge in [0.15, 0.2) is 0 Å². The molecular weight excluding hydrogens is 299 g/mol. The number of likely N-dealkylation sites (N-methyl/N-ethyl adjacent to an activating group) is 1. The Bertz CT molecular complexity index is 394. The van der Waals surface area contributed by atoms with E-state index in [1.54, 1.807) is 6.20 Å². The van der Waals surface area contributed by atoms with E-state index in [9.17, 15) is 4.79 Å². The molecule has 2 rings (SSSR count). The number of nitrogens with zero attached hydrogens (tertiary/aromatic N) is 2. The Hall–Kier alpha value is -1.04. The maximum absolute atomic E-state index is 11.8. The number of rotatable bonds is 5. The summed E-state index contributed by atoms with van der Waals surface area (Å²) in [7, 11) is 1.86. The van der Waals surface area contributed by atoms with Crippen LogP contribution in [0, 0.1) is 0 Å². The number of carbonyl (C=O) groups is 1. The van der Waals surface area contributed by atoms with Crippen molar-refractivity contribution in [1.29, 1.82) is 0 Å². The van der Waals surface area contributed by atoms with E-state index in [-0.39, 0.29) is 30.7 Å². The van der Waals surface area contributed by atoms with Gasteiger partial charge in [-0.1, -0.05) is 0 Å². The Morgan fingerprint density at radius 1 is 1.25 bits per heavy atom. The fourth-order valence-corrected chi connectivity index (χ4v) is 2.06. The third kappa shape index (κ3) is 5.15. The minimum absolute atomic E-state index is 0. The molecule has 0 aromatic carbocycles. The van der Waals surface area contributed by atoms with Crippen molar-refractivity contribution in [3.8, 4) is 0 Å². The van der Waals surface area contributed by atoms with Crippen LogP contribution < -0.4 is 15.5 Å². The maximum atomic E-state index is 11.8. The average Bonchev–Trinajstić information content (AvgIpc) is 2.93. The van der Waals surface area contributed by atoms with Crippen LogP contribution in [-0.4, -0.2) is 44.1 Å². The van der Waals surface area contributed by atoms with Gasteiger partial charge in [-0.25, -0.2) is 4.98 Å². The lowest BCUT2D eigenvalue weighted by Gasteiger charge is -2.16. The first-order chi connectivity index (χ1) is 8.81. The lowest BCUT2D eigenvalue weighted by Crippen LogP contribution is -2.30. The van der Waals surface area contributed by atoms with E-state index in [0.29, 0.717) is 12.1 Å². The summed E-state index contributed by atoms with van der Waals surface area (Å²) in [6, 6.07) is 3.77. The molecule has 1 aliphatic heterocycles. The molecule has 1 saturated heterocycles. The summed E-state index contributed by atoms with van der Waals surface area (Å²) in [5, 5.41) is 5.82. The molecule has 1 amide bonds. The molecule has 0 aliphatic carbocycles. The molecule has 114 valence electrons. The summed E-state index contributed by atoms with van der Waals surface area (Å²) in [5.74, 6) is 0.907. The van der Waals surface area contributed by atoms with Crippen molar-refractivity contribution in [3.05, 3.63) is 23.9 Å². The number of aromatic nitrogens is 1. The summed E-state index contributed by atoms with van der Waals surface area (Å²) < 4.78 is 0. The third-order valence-electron chi connectivity index (χ3n) is 3.10. The van der Waals surface area contributed by atoms with Crippen LogP contribution in [0.4, 0.5) is 5.82 Å². The SMILES string of the molecule is CNCCNC(=O)c1ccc(N2CCCC2)nc1.Cl.Cl. The highest BCUT2D eigenvalue weighted by Gasteiger charge is 2.13. The van der Waals surface area contributed by atoms with Crippen LogP contribution in [0.25, 0.3) is 0 Å². The van der Waals surface area contributed by atoms with Gasteiger partial charge in [0, 0.05) is 32.4 Å². The van der Waals surface area contributed by atoms with Crippen LogP contribution in [0.2, 0.25) is 0 Å². The van der Waals surface area contributed by atoms with Crippen LogP contribution in [0.15, 0.2) is 18.3 Å². The van der Waals surface area contributed by atoms with Gasteiger partial charge >= 0.3 is 0 Å². The number of hydrogen-bond donors (Lipinski definition) is 2. The first-order valence-electron chi connectivity index (χ1n) is 6.45. The van der Waals surface area contributed by atoms with Gasteiger partial charge in [-0.15, -0.1) is 24.8 Å². The summed E-state index contributed by atoms with van der Waals surface area (Å²) in [6.45, 7) is 3.54. The van der Waals surface area contributed by atoms with E-state index >= 15 is 0 Å². The highest BCUT2D eigenvalue weighted by Crippen LogP contribution is 2.17. The molecule has 7 heteroatoms. The van der Waals surface area contributed by atoms with E-state index in [1.807, 2.05) is 19.2 Å². The molecule has 0 bridgehead atoms. The van der Waals surface area contributed by atoms with Gasteiger partial charge in [-0.2, -0.15) is 0 Å². The molecule has 5 nitrogen and oxygen atoms in total. The van der Waals surface area contributed by atoms with Gasteiger partial charge in [-0.05, 0) is 32.0 Å². The zero-order valence-electron chi connectivity index (χ0n) is 11.6. The quantitative estimate of drug-likeness (QED) is 0.807. The number of carbonyl (C=O) groups excluding carboxylic acids is 1. The molecule has 0 spiro atoms. The number of pyridine rings is 1. The molecule has 20 heavy (non-hydrogen) atoms. The van der Waals surface area contributed by atoms with Gasteiger partial charge in [0.2, 0.25) is 0 Å². The molecule has 0 radical (unpaired) electrons. The fraction of sp³-hybridized carbons (Fsp3) is 0.538. The first kappa shape index (κ1) is 19.0. The lowest BCUT2D eigenvalue weighted by atomic mass is 10.2. The van der Waals surface area contributed by atoms with E-state index in [1.165, 1.54) is 12.8 Å². The topological polar surface area (TPSA) is 57.3 Å². The summed E-state index contributed by atoms with van der Waals surface area (Å²) >= 11 is 0. The van der Waals surface area contributed by atoms with Crippen molar-refractivity contribution >= 4 is 36.5 Å². The van der Waals surface area contributed by atoms with Crippen molar-refractivity contribution in [2.45, 2.75) is 12.8 Å². The van der Waals surface area contributed by atoms with E-state index in [2.05, 4.69) is 20.5 Å². The van der Waals surface area contributed by atoms with Crippen LogP contribution in [-0.2, 0) is 0 Å². The molecule has 2 N–H and O–H groups in total. The van der Waals surface area contributed by atoms with Crippen LogP contribution in [0.1, 0.15) is 23.2 Å². The molecule has 1 aromatic heterocycles. The zero-order valence-corrected chi connectivity index (χ0v) is 13.2. The number of hydrogen-bond acceptors (Lipinski definition) is 4. The number of amides is 1. The summed E-state index contributed by atoms with van der Waals surface area (Å²) in [6.07, 6.45) is 4.12. The minimum atomic E-state index is -0.0641. The minimum Gasteiger partial charge on any atom is -0.357 e. The maximum Gasteiger partial charge on any atom is 0.252 e. The van der Waals surface area contributed by atoms with Gasteiger partial charge in [0.05, 0.1) is 5.56 Å². The molecule has 2 heterocycles. The highest BCUT2D eigenvalue weighted by molar-refractivity contribution is 5.94. The molecule has 1 aromatic rings. The molecular formula is C13H22Cl2N4O. The monoisotopic (exact) mass is 320 g/mol. The summed E-state index contributed by atoms with van der Waals surface area (Å²) in [4.78, 5) is 18.4. The molecule has 1 fully saturated rings. The second-order valence-corrected chi connectivity index (χ2v) is 4.46. The van der Waals surface area contributed by atoms with E-state index in [4.69, 9.17) is 0 Å². The average molecular weight is 321 g/mol. The standard InChI is InChI=1S/C13H20N4O.2ClH/c1-14-6-7-15-13(18)11-4-5-12(16-10-11)17-8-2-3-9-17;;/h4-5,10,14H,2-3,6-9H2,1H3,(H,15,18);2*1H. The largest absolute Gasteiger partial charge is 0.357 e. The van der Waals surface area contributed by atoms with Crippen LogP contribution in [0.5, 0.6) is 0 Å². The van der Waals surface area contributed by atoms with Crippen molar-refractivity contribution in [2.24, 2.45) is 0 Å². The van der Waals surface area contributed by atoms with Crippen LogP contribution >= 0.6 is 24.8 Å². The lowest BCUT2D eigenvalue weighted by molar-refractivity contribution is 0.0954. The predicted octanol–water partition coefficient (Wildman–Crippen LogP) is 1.47. The van der Waals surface area contributed by atoms with Crippen molar-refractivity contribution in [2.75, 3.05) is 38.1 Å². The fourth-order valence-electron chi connectivity index (χ4n) is 2.06. The number of nitrogens with one attached hydrogen (secondary N) is 2. The second-order valence-electron chi connectivity index (χ2n) is 4.46. The Balaban J connectivity index is 0.00000180. The van der Waals surface area contributed by atoms with Gasteiger partial charge in [0.25, 0.3) is 5.91 Å². The van der Waals surface area contributed by atoms with Crippen molar-refractivity contribution < 1.29 is 4.79 Å².